The zero-order valence-corrected chi connectivity index (χ0v) is 14.7. The SMILES string of the molecule is CN=C(NCc1cc(C)oc1C)N1CCN(c2ccccc2)CC1. The van der Waals surface area contributed by atoms with Crippen molar-refractivity contribution >= 4 is 11.6 Å². The van der Waals surface area contributed by atoms with Crippen LogP contribution < -0.4 is 10.2 Å². The Morgan fingerprint density at radius 1 is 1.12 bits per heavy atom. The molecule has 1 saturated heterocycles. The molecule has 0 aliphatic carbocycles. The Kier molecular flexibility index (Phi) is 5.08. The van der Waals surface area contributed by atoms with Gasteiger partial charge < -0.3 is 19.5 Å². The first-order valence-electron chi connectivity index (χ1n) is 8.49. The molecule has 1 aromatic carbocycles. The summed E-state index contributed by atoms with van der Waals surface area (Å²) in [5.41, 5.74) is 2.49. The molecule has 0 bridgehead atoms. The number of piperazine rings is 1. The lowest BCUT2D eigenvalue weighted by atomic mass is 10.2. The predicted octanol–water partition coefficient (Wildman–Crippen LogP) is 2.79. The molecule has 128 valence electrons. The number of hydrogen-bond donors (Lipinski definition) is 1. The van der Waals surface area contributed by atoms with E-state index in [2.05, 4.69) is 56.5 Å². The van der Waals surface area contributed by atoms with Crippen molar-refractivity contribution in [1.82, 2.24) is 10.2 Å². The van der Waals surface area contributed by atoms with Crippen molar-refractivity contribution in [2.75, 3.05) is 38.1 Å². The molecule has 0 spiro atoms. The first-order chi connectivity index (χ1) is 11.7. The normalized spacial score (nSPS) is 15.7. The summed E-state index contributed by atoms with van der Waals surface area (Å²) in [5, 5.41) is 3.46. The average Bonchev–Trinajstić information content (AvgIpc) is 2.94. The minimum Gasteiger partial charge on any atom is -0.466 e. The van der Waals surface area contributed by atoms with Gasteiger partial charge in [-0.05, 0) is 32.0 Å². The van der Waals surface area contributed by atoms with E-state index < -0.39 is 0 Å². The highest BCUT2D eigenvalue weighted by Crippen LogP contribution is 2.16. The van der Waals surface area contributed by atoms with Crippen molar-refractivity contribution in [3.63, 3.8) is 0 Å². The molecule has 0 saturated carbocycles. The quantitative estimate of drug-likeness (QED) is 0.696. The molecule has 1 aromatic heterocycles. The molecular weight excluding hydrogens is 300 g/mol. The maximum Gasteiger partial charge on any atom is 0.194 e. The Hall–Kier alpha value is -2.43. The number of para-hydroxylation sites is 1. The minimum atomic E-state index is 0.745. The Balaban J connectivity index is 1.55. The van der Waals surface area contributed by atoms with Crippen LogP contribution in [0.3, 0.4) is 0 Å². The van der Waals surface area contributed by atoms with Crippen molar-refractivity contribution in [3.05, 3.63) is 53.5 Å². The molecule has 0 unspecified atom stereocenters. The molecule has 3 rings (SSSR count). The molecular formula is C19H26N4O. The summed E-state index contributed by atoms with van der Waals surface area (Å²) >= 11 is 0. The Bertz CT molecular complexity index is 685. The summed E-state index contributed by atoms with van der Waals surface area (Å²) in [5.74, 6) is 2.89. The largest absolute Gasteiger partial charge is 0.466 e. The van der Waals surface area contributed by atoms with Crippen LogP contribution in [0.25, 0.3) is 0 Å². The summed E-state index contributed by atoms with van der Waals surface area (Å²) in [6.45, 7) is 8.69. The molecule has 24 heavy (non-hydrogen) atoms. The molecule has 1 aliphatic heterocycles. The van der Waals surface area contributed by atoms with Crippen LogP contribution in [0.5, 0.6) is 0 Å². The van der Waals surface area contributed by atoms with Gasteiger partial charge in [0.15, 0.2) is 5.96 Å². The third-order valence-corrected chi connectivity index (χ3v) is 4.49. The second-order valence-corrected chi connectivity index (χ2v) is 6.15. The van der Waals surface area contributed by atoms with E-state index in [9.17, 15) is 0 Å². The van der Waals surface area contributed by atoms with E-state index in [-0.39, 0.29) is 0 Å². The van der Waals surface area contributed by atoms with Gasteiger partial charge >= 0.3 is 0 Å². The van der Waals surface area contributed by atoms with Gasteiger partial charge in [0.05, 0.1) is 0 Å². The number of nitrogens with one attached hydrogen (secondary N) is 1. The van der Waals surface area contributed by atoms with E-state index in [1.165, 1.54) is 11.3 Å². The molecule has 0 radical (unpaired) electrons. The zero-order valence-electron chi connectivity index (χ0n) is 14.7. The van der Waals surface area contributed by atoms with Gasteiger partial charge in [-0.25, -0.2) is 0 Å². The van der Waals surface area contributed by atoms with Crippen LogP contribution in [-0.4, -0.2) is 44.1 Å². The first-order valence-corrected chi connectivity index (χ1v) is 8.49. The number of rotatable bonds is 3. The third-order valence-electron chi connectivity index (χ3n) is 4.49. The van der Waals surface area contributed by atoms with Crippen molar-refractivity contribution in [2.45, 2.75) is 20.4 Å². The highest BCUT2D eigenvalue weighted by atomic mass is 16.3. The number of guanidine groups is 1. The van der Waals surface area contributed by atoms with Gasteiger partial charge in [-0.1, -0.05) is 18.2 Å². The summed E-state index contributed by atoms with van der Waals surface area (Å²) in [6.07, 6.45) is 0. The Labute approximate surface area is 144 Å². The van der Waals surface area contributed by atoms with Crippen LogP contribution >= 0.6 is 0 Å². The maximum absolute atomic E-state index is 5.59. The summed E-state index contributed by atoms with van der Waals surface area (Å²) in [6, 6.07) is 12.7. The number of furan rings is 1. The van der Waals surface area contributed by atoms with Crippen molar-refractivity contribution in [3.8, 4) is 0 Å². The van der Waals surface area contributed by atoms with Gasteiger partial charge in [-0.2, -0.15) is 0 Å². The van der Waals surface area contributed by atoms with Gasteiger partial charge in [-0.3, -0.25) is 4.99 Å². The third kappa shape index (κ3) is 3.72. The van der Waals surface area contributed by atoms with Crippen molar-refractivity contribution in [2.24, 2.45) is 4.99 Å². The fourth-order valence-corrected chi connectivity index (χ4v) is 3.18. The number of nitrogens with zero attached hydrogens (tertiary/aromatic N) is 3. The van der Waals surface area contributed by atoms with Gasteiger partial charge in [0.1, 0.15) is 11.5 Å². The highest BCUT2D eigenvalue weighted by Gasteiger charge is 2.19. The van der Waals surface area contributed by atoms with E-state index >= 15 is 0 Å². The van der Waals surface area contributed by atoms with E-state index in [1.54, 1.807) is 0 Å². The molecule has 2 heterocycles. The number of aryl methyl sites for hydroxylation is 2. The summed E-state index contributed by atoms with van der Waals surface area (Å²) in [4.78, 5) is 9.19. The van der Waals surface area contributed by atoms with Gasteiger partial charge in [0, 0.05) is 51.0 Å². The van der Waals surface area contributed by atoms with Crippen LogP contribution in [0.1, 0.15) is 17.1 Å². The first kappa shape index (κ1) is 16.4. The van der Waals surface area contributed by atoms with Crippen LogP contribution in [0.4, 0.5) is 5.69 Å². The van der Waals surface area contributed by atoms with E-state index in [0.717, 1.165) is 50.2 Å². The van der Waals surface area contributed by atoms with Crippen LogP contribution in [0.15, 0.2) is 45.8 Å². The summed E-state index contributed by atoms with van der Waals surface area (Å²) < 4.78 is 5.59. The number of hydrogen-bond acceptors (Lipinski definition) is 3. The molecule has 1 N–H and O–H groups in total. The lowest BCUT2D eigenvalue weighted by Crippen LogP contribution is -2.52. The lowest BCUT2D eigenvalue weighted by Gasteiger charge is -2.37. The summed E-state index contributed by atoms with van der Waals surface area (Å²) in [7, 11) is 1.85. The van der Waals surface area contributed by atoms with E-state index in [1.807, 2.05) is 20.9 Å². The van der Waals surface area contributed by atoms with Crippen molar-refractivity contribution < 1.29 is 4.42 Å². The topological polar surface area (TPSA) is 44.0 Å². The Morgan fingerprint density at radius 3 is 2.42 bits per heavy atom. The maximum atomic E-state index is 5.59. The average molecular weight is 326 g/mol. The predicted molar refractivity (Wildman–Crippen MR) is 98.6 cm³/mol. The van der Waals surface area contributed by atoms with Gasteiger partial charge in [0.25, 0.3) is 0 Å². The smallest absolute Gasteiger partial charge is 0.194 e. The highest BCUT2D eigenvalue weighted by molar-refractivity contribution is 5.80. The number of benzene rings is 1. The zero-order chi connectivity index (χ0) is 16.9. The lowest BCUT2D eigenvalue weighted by molar-refractivity contribution is 0.372. The van der Waals surface area contributed by atoms with Gasteiger partial charge in [-0.15, -0.1) is 0 Å². The molecule has 2 aromatic rings. The fourth-order valence-electron chi connectivity index (χ4n) is 3.18. The second kappa shape index (κ2) is 7.43. The van der Waals surface area contributed by atoms with Crippen molar-refractivity contribution in [1.29, 1.82) is 0 Å². The second-order valence-electron chi connectivity index (χ2n) is 6.15. The van der Waals surface area contributed by atoms with Crippen LogP contribution in [0.2, 0.25) is 0 Å². The van der Waals surface area contributed by atoms with E-state index in [0.29, 0.717) is 0 Å². The number of anilines is 1. The standard InChI is InChI=1S/C19H26N4O/c1-15-13-17(16(2)24-15)14-21-19(20-3)23-11-9-22(10-12-23)18-7-5-4-6-8-18/h4-8,13H,9-12,14H2,1-3H3,(H,20,21). The molecule has 0 amide bonds. The molecule has 5 nitrogen and oxygen atoms in total. The molecule has 1 aliphatic rings. The number of aliphatic imine (C=N–C) groups is 1. The molecule has 1 fully saturated rings. The van der Waals surface area contributed by atoms with Gasteiger partial charge in [0.2, 0.25) is 0 Å². The molecule has 0 atom stereocenters. The monoisotopic (exact) mass is 326 g/mol. The minimum absolute atomic E-state index is 0.745. The fraction of sp³-hybridized carbons (Fsp3) is 0.421. The molecule has 5 heteroatoms. The van der Waals surface area contributed by atoms with E-state index in [4.69, 9.17) is 4.42 Å². The van der Waals surface area contributed by atoms with Crippen LogP contribution in [-0.2, 0) is 6.54 Å². The Morgan fingerprint density at radius 2 is 1.83 bits per heavy atom. The van der Waals surface area contributed by atoms with Crippen LogP contribution in [0, 0.1) is 13.8 Å².